The maximum Gasteiger partial charge on any atom is 0.122 e. The number of halogens is 1. The molecule has 0 fully saturated rings. The number of alkyl halides is 1. The van der Waals surface area contributed by atoms with Gasteiger partial charge in [0.1, 0.15) is 42.6 Å². The van der Waals surface area contributed by atoms with Crippen LogP contribution in [0.3, 0.4) is 0 Å². The molecule has 8 nitrogen and oxygen atoms in total. The van der Waals surface area contributed by atoms with Gasteiger partial charge in [0.15, 0.2) is 0 Å². The molecule has 0 saturated heterocycles. The Balaban J connectivity index is 1.59. The smallest absolute Gasteiger partial charge is 0.122 e. The van der Waals surface area contributed by atoms with E-state index < -0.39 is 12.2 Å². The second-order valence-electron chi connectivity index (χ2n) is 8.80. The summed E-state index contributed by atoms with van der Waals surface area (Å²) in [6, 6.07) is 13.9. The van der Waals surface area contributed by atoms with Crippen molar-refractivity contribution in [2.24, 2.45) is 0 Å². The molecule has 2 aromatic carbocycles. The number of aliphatic hydroxyl groups excluding tert-OH is 3. The van der Waals surface area contributed by atoms with Crippen molar-refractivity contribution in [1.82, 2.24) is 15.0 Å². The lowest BCUT2D eigenvalue weighted by molar-refractivity contribution is 0.0888. The molecular weight excluding hydrogens is 458 g/mol. The number of hydrogen-bond acceptors (Lipinski definition) is 7. The van der Waals surface area contributed by atoms with Gasteiger partial charge in [0, 0.05) is 5.41 Å². The fourth-order valence-electron chi connectivity index (χ4n) is 3.53. The maximum absolute atomic E-state index is 10.2. The van der Waals surface area contributed by atoms with Gasteiger partial charge in [0.25, 0.3) is 0 Å². The molecule has 1 heterocycles. The molecule has 0 bridgehead atoms. The minimum atomic E-state index is -0.765. The number of nitrogens with zero attached hydrogens (tertiary/aromatic N) is 3. The van der Waals surface area contributed by atoms with Crippen LogP contribution in [-0.2, 0) is 18.6 Å². The third-order valence-electron chi connectivity index (χ3n) is 5.67. The molecule has 0 saturated carbocycles. The lowest BCUT2D eigenvalue weighted by atomic mass is 9.77. The highest BCUT2D eigenvalue weighted by atomic mass is 35.5. The van der Waals surface area contributed by atoms with Crippen LogP contribution in [0.5, 0.6) is 11.5 Å². The largest absolute Gasteiger partial charge is 0.491 e. The van der Waals surface area contributed by atoms with Gasteiger partial charge in [0.2, 0.25) is 0 Å². The van der Waals surface area contributed by atoms with E-state index in [9.17, 15) is 10.2 Å². The second-order valence-corrected chi connectivity index (χ2v) is 9.11. The Hall–Kier alpha value is -2.65. The summed E-state index contributed by atoms with van der Waals surface area (Å²) in [7, 11) is 0. The number of benzene rings is 2. The molecule has 34 heavy (non-hydrogen) atoms. The Bertz CT molecular complexity index is 1050. The minimum Gasteiger partial charge on any atom is -0.491 e. The summed E-state index contributed by atoms with van der Waals surface area (Å²) < 4.78 is 12.9. The lowest BCUT2D eigenvalue weighted by Crippen LogP contribution is -2.24. The first kappa shape index (κ1) is 26.0. The predicted molar refractivity (Wildman–Crippen MR) is 129 cm³/mol. The van der Waals surface area contributed by atoms with Crippen molar-refractivity contribution in [3.05, 3.63) is 71.0 Å². The molecule has 3 rings (SSSR count). The van der Waals surface area contributed by atoms with Crippen molar-refractivity contribution in [3.8, 4) is 11.5 Å². The third-order valence-corrected chi connectivity index (χ3v) is 6.03. The van der Waals surface area contributed by atoms with Crippen LogP contribution in [0.2, 0.25) is 0 Å². The molecule has 9 heteroatoms. The highest BCUT2D eigenvalue weighted by Crippen LogP contribution is 2.34. The van der Waals surface area contributed by atoms with E-state index in [1.165, 1.54) is 4.68 Å². The van der Waals surface area contributed by atoms with Crippen molar-refractivity contribution in [3.63, 3.8) is 0 Å². The van der Waals surface area contributed by atoms with Crippen LogP contribution in [0.25, 0.3) is 0 Å². The van der Waals surface area contributed by atoms with Crippen LogP contribution >= 0.6 is 11.6 Å². The van der Waals surface area contributed by atoms with E-state index in [0.29, 0.717) is 11.4 Å². The molecule has 0 spiro atoms. The van der Waals surface area contributed by atoms with Crippen LogP contribution < -0.4 is 9.47 Å². The highest BCUT2D eigenvalue weighted by molar-refractivity contribution is 6.18. The first-order valence-electron chi connectivity index (χ1n) is 11.1. The van der Waals surface area contributed by atoms with E-state index in [4.69, 9.17) is 26.2 Å². The van der Waals surface area contributed by atoms with E-state index in [1.54, 1.807) is 6.20 Å². The van der Waals surface area contributed by atoms with Crippen molar-refractivity contribution in [2.75, 3.05) is 19.1 Å². The predicted octanol–water partition coefficient (Wildman–Crippen LogP) is 2.82. The maximum atomic E-state index is 10.2. The lowest BCUT2D eigenvalue weighted by Gasteiger charge is -2.27. The first-order chi connectivity index (χ1) is 16.2. The van der Waals surface area contributed by atoms with Crippen molar-refractivity contribution >= 4 is 11.6 Å². The van der Waals surface area contributed by atoms with Crippen LogP contribution in [0, 0.1) is 6.92 Å². The van der Waals surface area contributed by atoms with Gasteiger partial charge in [-0.1, -0.05) is 43.3 Å². The zero-order valence-electron chi connectivity index (χ0n) is 19.7. The standard InChI is InChI=1S/C25H32ClN3O5/c1-17-10-19(6-9-24(17)34-15-21(31)11-26)25(2,3)18-4-7-23(8-5-18)33-16-22(32)13-29-12-20(14-30)27-28-29/h4-10,12,21-22,30-32H,11,13-16H2,1-3H3/t21-,22+/m1/s1. The highest BCUT2D eigenvalue weighted by Gasteiger charge is 2.24. The van der Waals surface area contributed by atoms with Gasteiger partial charge in [-0.15, -0.1) is 16.7 Å². The molecule has 0 aliphatic carbocycles. The van der Waals surface area contributed by atoms with Gasteiger partial charge in [0.05, 0.1) is 25.2 Å². The van der Waals surface area contributed by atoms with E-state index in [1.807, 2.05) is 43.3 Å². The Kier molecular flexibility index (Phi) is 8.90. The van der Waals surface area contributed by atoms with Crippen LogP contribution in [0.1, 0.15) is 36.2 Å². The average molecular weight is 490 g/mol. The Morgan fingerprint density at radius 3 is 2.29 bits per heavy atom. The number of aromatic nitrogens is 3. The zero-order chi connectivity index (χ0) is 24.7. The van der Waals surface area contributed by atoms with Gasteiger partial charge in [-0.05, 0) is 41.8 Å². The Morgan fingerprint density at radius 2 is 1.68 bits per heavy atom. The monoisotopic (exact) mass is 489 g/mol. The average Bonchev–Trinajstić information content (AvgIpc) is 3.29. The first-order valence-corrected chi connectivity index (χ1v) is 11.7. The minimum absolute atomic E-state index is 0.107. The summed E-state index contributed by atoms with van der Waals surface area (Å²) in [6.07, 6.45) is 0.128. The molecule has 0 unspecified atom stereocenters. The fraction of sp³-hybridized carbons (Fsp3) is 0.440. The topological polar surface area (TPSA) is 110 Å². The molecule has 184 valence electrons. The molecule has 0 aliphatic rings. The van der Waals surface area contributed by atoms with E-state index >= 15 is 0 Å². The van der Waals surface area contributed by atoms with Crippen LogP contribution in [-0.4, -0.2) is 61.6 Å². The molecule has 0 amide bonds. The van der Waals surface area contributed by atoms with Gasteiger partial charge >= 0.3 is 0 Å². The molecule has 0 radical (unpaired) electrons. The molecule has 0 aliphatic heterocycles. The number of aryl methyl sites for hydroxylation is 1. The van der Waals surface area contributed by atoms with E-state index in [0.717, 1.165) is 22.4 Å². The van der Waals surface area contributed by atoms with Gasteiger partial charge in [-0.2, -0.15) is 0 Å². The Morgan fingerprint density at radius 1 is 1.00 bits per heavy atom. The molecular formula is C25H32ClN3O5. The number of aliphatic hydroxyl groups is 3. The molecule has 1 aromatic heterocycles. The third kappa shape index (κ3) is 6.70. The normalized spacial score (nSPS) is 13.5. The zero-order valence-corrected chi connectivity index (χ0v) is 20.4. The summed E-state index contributed by atoms with van der Waals surface area (Å²) in [5, 5.41) is 36.5. The quantitative estimate of drug-likeness (QED) is 0.335. The summed E-state index contributed by atoms with van der Waals surface area (Å²) in [4.78, 5) is 0. The van der Waals surface area contributed by atoms with E-state index in [2.05, 4.69) is 30.2 Å². The number of hydrogen-bond donors (Lipinski definition) is 3. The molecule has 2 atom stereocenters. The summed E-state index contributed by atoms with van der Waals surface area (Å²) in [5.74, 6) is 1.52. The van der Waals surface area contributed by atoms with Gasteiger partial charge in [-0.3, -0.25) is 0 Å². The molecule has 3 aromatic rings. The summed E-state index contributed by atoms with van der Waals surface area (Å²) in [5.41, 5.74) is 3.43. The number of rotatable bonds is 12. The van der Waals surface area contributed by atoms with E-state index in [-0.39, 0.29) is 37.7 Å². The summed E-state index contributed by atoms with van der Waals surface area (Å²) in [6.45, 7) is 6.58. The van der Waals surface area contributed by atoms with Crippen molar-refractivity contribution in [1.29, 1.82) is 0 Å². The Labute approximate surface area is 204 Å². The summed E-state index contributed by atoms with van der Waals surface area (Å²) >= 11 is 5.63. The van der Waals surface area contributed by atoms with Gasteiger partial charge < -0.3 is 24.8 Å². The van der Waals surface area contributed by atoms with Crippen molar-refractivity contribution in [2.45, 2.75) is 51.5 Å². The van der Waals surface area contributed by atoms with Gasteiger partial charge in [-0.25, -0.2) is 4.68 Å². The van der Waals surface area contributed by atoms with Crippen LogP contribution in [0.15, 0.2) is 48.7 Å². The second kappa shape index (κ2) is 11.7. The van der Waals surface area contributed by atoms with Crippen molar-refractivity contribution < 1.29 is 24.8 Å². The molecule has 3 N–H and O–H groups in total. The SMILES string of the molecule is Cc1cc(C(C)(C)c2ccc(OC[C@@H](O)Cn3cc(CO)nn3)cc2)ccc1OC[C@H](O)CCl. The fourth-order valence-corrected chi connectivity index (χ4v) is 3.62. The van der Waals surface area contributed by atoms with Crippen LogP contribution in [0.4, 0.5) is 0 Å². The number of ether oxygens (including phenoxy) is 2.